The number of hydrogen-bond acceptors (Lipinski definition) is 4. The number of rotatable bonds is 6. The molecule has 0 saturated carbocycles. The van der Waals surface area contributed by atoms with Gasteiger partial charge in [-0.25, -0.2) is 9.79 Å². The van der Waals surface area contributed by atoms with Gasteiger partial charge >= 0.3 is 6.09 Å². The van der Waals surface area contributed by atoms with Crippen LogP contribution in [0.4, 0.5) is 10.5 Å². The van der Waals surface area contributed by atoms with Crippen molar-refractivity contribution < 1.29 is 15.0 Å². The number of carbonyl (C=O) groups is 1. The van der Waals surface area contributed by atoms with Gasteiger partial charge in [-0.1, -0.05) is 13.8 Å². The predicted molar refractivity (Wildman–Crippen MR) is 87.9 cm³/mol. The summed E-state index contributed by atoms with van der Waals surface area (Å²) in [6.45, 7) is 6.26. The number of nitrogens with zero attached hydrogens (tertiary/aromatic N) is 4. The number of pyridine rings is 1. The Balaban J connectivity index is 0.000000626. The minimum Gasteiger partial charge on any atom is -0.504 e. The Hall–Kier alpha value is -2.31. The molecule has 2 N–H and O–H groups in total. The first kappa shape index (κ1) is 19.7. The van der Waals surface area contributed by atoms with Gasteiger partial charge < -0.3 is 20.0 Å². The maximum Gasteiger partial charge on any atom is 0.406 e. The third-order valence-electron chi connectivity index (χ3n) is 2.54. The molecule has 0 aromatic carbocycles. The monoisotopic (exact) mass is 310 g/mol. The van der Waals surface area contributed by atoms with Gasteiger partial charge in [0.25, 0.3) is 0 Å². The Morgan fingerprint density at radius 3 is 2.27 bits per heavy atom. The number of amides is 1. The molecule has 1 heterocycles. The van der Waals surface area contributed by atoms with Crippen LogP contribution in [0.5, 0.6) is 5.75 Å². The van der Waals surface area contributed by atoms with Crippen LogP contribution >= 0.6 is 0 Å². The van der Waals surface area contributed by atoms with Crippen molar-refractivity contribution in [3.63, 3.8) is 0 Å². The van der Waals surface area contributed by atoms with Gasteiger partial charge in [-0.3, -0.25) is 4.98 Å². The zero-order valence-electron chi connectivity index (χ0n) is 13.7. The van der Waals surface area contributed by atoms with Crippen molar-refractivity contribution >= 4 is 18.1 Å². The van der Waals surface area contributed by atoms with E-state index >= 15 is 0 Å². The van der Waals surface area contributed by atoms with Crippen molar-refractivity contribution in [1.82, 2.24) is 14.8 Å². The SMILES string of the molecule is CCCN(C=Nc1ccncc1O)CCC.CN(C)C(=O)O. The molecule has 0 bridgehead atoms. The summed E-state index contributed by atoms with van der Waals surface area (Å²) >= 11 is 0. The molecule has 1 amide bonds. The quantitative estimate of drug-likeness (QED) is 0.623. The minimum atomic E-state index is -0.907. The molecule has 124 valence electrons. The highest BCUT2D eigenvalue weighted by Gasteiger charge is 1.99. The molecule has 1 aromatic rings. The molecule has 0 spiro atoms. The molecule has 0 aliphatic heterocycles. The fourth-order valence-electron chi connectivity index (χ4n) is 1.43. The summed E-state index contributed by atoms with van der Waals surface area (Å²) in [7, 11) is 2.95. The summed E-state index contributed by atoms with van der Waals surface area (Å²) in [5, 5.41) is 17.4. The van der Waals surface area contributed by atoms with Crippen LogP contribution in [0.3, 0.4) is 0 Å². The lowest BCUT2D eigenvalue weighted by atomic mass is 10.4. The van der Waals surface area contributed by atoms with Crippen molar-refractivity contribution in [1.29, 1.82) is 0 Å². The van der Waals surface area contributed by atoms with Crippen molar-refractivity contribution in [3.05, 3.63) is 18.5 Å². The summed E-state index contributed by atoms with van der Waals surface area (Å²) in [5.74, 6) is 0.117. The van der Waals surface area contributed by atoms with Gasteiger partial charge in [-0.2, -0.15) is 0 Å². The molecule has 0 radical (unpaired) electrons. The van der Waals surface area contributed by atoms with Crippen molar-refractivity contribution in [2.45, 2.75) is 26.7 Å². The first-order chi connectivity index (χ1) is 10.4. The molecule has 1 rings (SSSR count). The number of carboxylic acid groups (broad SMARTS) is 1. The number of aromatic nitrogens is 1. The van der Waals surface area contributed by atoms with E-state index in [0.29, 0.717) is 5.69 Å². The van der Waals surface area contributed by atoms with Crippen molar-refractivity contribution in [3.8, 4) is 5.75 Å². The molecular weight excluding hydrogens is 284 g/mol. The lowest BCUT2D eigenvalue weighted by Crippen LogP contribution is -2.23. The molecule has 0 unspecified atom stereocenters. The van der Waals surface area contributed by atoms with Crippen LogP contribution in [-0.2, 0) is 0 Å². The van der Waals surface area contributed by atoms with Crippen molar-refractivity contribution in [2.75, 3.05) is 27.2 Å². The summed E-state index contributed by atoms with van der Waals surface area (Å²) in [5.41, 5.74) is 0.562. The molecule has 0 atom stereocenters. The van der Waals surface area contributed by atoms with Gasteiger partial charge in [0.2, 0.25) is 0 Å². The second-order valence-corrected chi connectivity index (χ2v) is 4.82. The van der Waals surface area contributed by atoms with E-state index in [0.717, 1.165) is 30.8 Å². The van der Waals surface area contributed by atoms with E-state index in [1.807, 2.05) is 0 Å². The molecule has 0 aliphatic carbocycles. The topological polar surface area (TPSA) is 89.3 Å². The Labute approximate surface area is 131 Å². The molecule has 22 heavy (non-hydrogen) atoms. The van der Waals surface area contributed by atoms with E-state index in [2.05, 4.69) is 28.7 Å². The van der Waals surface area contributed by atoms with Gasteiger partial charge in [-0.15, -0.1) is 0 Å². The van der Waals surface area contributed by atoms with Crippen LogP contribution in [0.25, 0.3) is 0 Å². The number of aromatic hydroxyl groups is 1. The number of hydrogen-bond donors (Lipinski definition) is 2. The van der Waals surface area contributed by atoms with Crippen LogP contribution in [0.2, 0.25) is 0 Å². The summed E-state index contributed by atoms with van der Waals surface area (Å²) < 4.78 is 0. The second kappa shape index (κ2) is 11.4. The molecule has 7 heteroatoms. The molecular formula is C15H26N4O3. The lowest BCUT2D eigenvalue weighted by molar-refractivity contribution is 0.165. The highest BCUT2D eigenvalue weighted by atomic mass is 16.4. The number of aliphatic imine (C=N–C) groups is 1. The first-order valence-corrected chi connectivity index (χ1v) is 7.23. The van der Waals surface area contributed by atoms with E-state index < -0.39 is 6.09 Å². The summed E-state index contributed by atoms with van der Waals surface area (Å²) in [6, 6.07) is 1.70. The first-order valence-electron chi connectivity index (χ1n) is 7.23. The molecule has 7 nitrogen and oxygen atoms in total. The van der Waals surface area contributed by atoms with Gasteiger partial charge in [0.05, 0.1) is 12.5 Å². The fourth-order valence-corrected chi connectivity index (χ4v) is 1.43. The van der Waals surface area contributed by atoms with E-state index in [1.54, 1.807) is 18.6 Å². The summed E-state index contributed by atoms with van der Waals surface area (Å²) in [6.07, 6.45) is 6.09. The Bertz CT molecular complexity index is 458. The highest BCUT2D eigenvalue weighted by Crippen LogP contribution is 2.23. The lowest BCUT2D eigenvalue weighted by Gasteiger charge is -2.17. The average molecular weight is 310 g/mol. The van der Waals surface area contributed by atoms with Gasteiger partial charge in [0, 0.05) is 33.4 Å². The highest BCUT2D eigenvalue weighted by molar-refractivity contribution is 5.64. The summed E-state index contributed by atoms with van der Waals surface area (Å²) in [4.78, 5) is 20.9. The molecule has 0 fully saturated rings. The van der Waals surface area contributed by atoms with E-state index in [4.69, 9.17) is 5.11 Å². The van der Waals surface area contributed by atoms with Crippen LogP contribution < -0.4 is 0 Å². The van der Waals surface area contributed by atoms with Gasteiger partial charge in [0.15, 0.2) is 5.75 Å². The maximum atomic E-state index is 9.62. The maximum absolute atomic E-state index is 9.62. The largest absolute Gasteiger partial charge is 0.504 e. The van der Waals surface area contributed by atoms with Crippen molar-refractivity contribution in [2.24, 2.45) is 4.99 Å². The fraction of sp³-hybridized carbons (Fsp3) is 0.533. The normalized spacial score (nSPS) is 10.0. The Morgan fingerprint density at radius 2 is 1.86 bits per heavy atom. The van der Waals surface area contributed by atoms with Crippen LogP contribution in [-0.4, -0.2) is 64.6 Å². The van der Waals surface area contributed by atoms with Crippen LogP contribution in [0.15, 0.2) is 23.5 Å². The smallest absolute Gasteiger partial charge is 0.406 e. The molecule has 0 saturated heterocycles. The van der Waals surface area contributed by atoms with Crippen LogP contribution in [0.1, 0.15) is 26.7 Å². The zero-order chi connectivity index (χ0) is 17.0. The molecule has 1 aromatic heterocycles. The third-order valence-corrected chi connectivity index (χ3v) is 2.54. The average Bonchev–Trinajstić information content (AvgIpc) is 2.47. The second-order valence-electron chi connectivity index (χ2n) is 4.82. The van der Waals surface area contributed by atoms with E-state index in [-0.39, 0.29) is 5.75 Å². The van der Waals surface area contributed by atoms with E-state index in [1.165, 1.54) is 20.3 Å². The third kappa shape index (κ3) is 8.78. The van der Waals surface area contributed by atoms with Gasteiger partial charge in [0.1, 0.15) is 5.69 Å². The standard InChI is InChI=1S/C12H19N3O.C3H7NO2/c1-3-7-15(8-4-2)10-14-11-5-6-13-9-12(11)16;1-4(2)3(5)6/h5-6,9-10,16H,3-4,7-8H2,1-2H3;1-2H3,(H,5,6). The predicted octanol–water partition coefficient (Wildman–Crippen LogP) is 2.80. The Morgan fingerprint density at radius 1 is 1.32 bits per heavy atom. The minimum absolute atomic E-state index is 0.117. The van der Waals surface area contributed by atoms with E-state index in [9.17, 15) is 9.90 Å². The van der Waals surface area contributed by atoms with Gasteiger partial charge in [-0.05, 0) is 18.9 Å². The molecule has 0 aliphatic rings. The zero-order valence-corrected chi connectivity index (χ0v) is 13.7. The van der Waals surface area contributed by atoms with Crippen LogP contribution in [0, 0.1) is 0 Å². The Kier molecular flexibility index (Phi) is 10.2.